The molecule has 0 fully saturated rings. The summed E-state index contributed by atoms with van der Waals surface area (Å²) in [5.41, 5.74) is 20.9. The summed E-state index contributed by atoms with van der Waals surface area (Å²) < 4.78 is 2.64. The predicted molar refractivity (Wildman–Crippen MR) is 296 cm³/mol. The maximum Gasteiger partial charge on any atom is 0.0462 e. The first-order valence-electron chi connectivity index (χ1n) is 23.9. The molecule has 0 radical (unpaired) electrons. The molecule has 13 rings (SSSR count). The number of benzene rings is 11. The monoisotopic (exact) mass is 897 g/mol. The average molecular weight is 898 g/mol. The van der Waals surface area contributed by atoms with E-state index >= 15 is 0 Å². The Bertz CT molecular complexity index is 3890. The van der Waals surface area contributed by atoms with Gasteiger partial charge >= 0.3 is 0 Å². The molecule has 1 aliphatic carbocycles. The van der Waals surface area contributed by atoms with Crippen LogP contribution in [-0.4, -0.2) is 0 Å². The number of anilines is 3. The van der Waals surface area contributed by atoms with E-state index in [9.17, 15) is 0 Å². The summed E-state index contributed by atoms with van der Waals surface area (Å²) in [6.07, 6.45) is 0. The number of hydrogen-bond donors (Lipinski definition) is 0. The van der Waals surface area contributed by atoms with Gasteiger partial charge in [-0.05, 0) is 155 Å². The van der Waals surface area contributed by atoms with Gasteiger partial charge in [0.25, 0.3) is 0 Å². The Labute approximate surface area is 407 Å². The second-order valence-electron chi connectivity index (χ2n) is 18.9. The molecule has 0 aliphatic heterocycles. The maximum absolute atomic E-state index is 2.41. The van der Waals surface area contributed by atoms with Crippen LogP contribution in [0.1, 0.15) is 25.0 Å². The number of hydrogen-bond acceptors (Lipinski definition) is 2. The number of fused-ring (bicyclic) bond motifs is 7. The molecule has 0 amide bonds. The van der Waals surface area contributed by atoms with Gasteiger partial charge in [0.15, 0.2) is 0 Å². The van der Waals surface area contributed by atoms with E-state index in [2.05, 4.69) is 267 Å². The van der Waals surface area contributed by atoms with Crippen LogP contribution in [0.15, 0.2) is 249 Å². The van der Waals surface area contributed by atoms with Gasteiger partial charge in [0.2, 0.25) is 0 Å². The molecule has 0 N–H and O–H groups in total. The molecule has 326 valence electrons. The van der Waals surface area contributed by atoms with Crippen LogP contribution in [0.3, 0.4) is 0 Å². The molecule has 12 aromatic rings. The molecule has 0 bridgehead atoms. The number of rotatable bonds is 8. The van der Waals surface area contributed by atoms with E-state index in [4.69, 9.17) is 0 Å². The summed E-state index contributed by atoms with van der Waals surface area (Å²) in [5.74, 6) is 0. The highest BCUT2D eigenvalue weighted by Gasteiger charge is 2.35. The van der Waals surface area contributed by atoms with Crippen LogP contribution in [0.5, 0.6) is 0 Å². The third-order valence-corrected chi connectivity index (χ3v) is 15.6. The Morgan fingerprint density at radius 3 is 1.42 bits per heavy atom. The molecular weight excluding hydrogens is 851 g/mol. The van der Waals surface area contributed by atoms with E-state index in [0.717, 1.165) is 17.1 Å². The largest absolute Gasteiger partial charge is 0.311 e. The van der Waals surface area contributed by atoms with E-state index < -0.39 is 0 Å². The first-order valence-corrected chi connectivity index (χ1v) is 24.7. The van der Waals surface area contributed by atoms with Crippen LogP contribution < -0.4 is 4.90 Å². The molecule has 1 aromatic heterocycles. The number of nitrogens with zero attached hydrogens (tertiary/aromatic N) is 1. The molecule has 1 nitrogen and oxygen atoms in total. The van der Waals surface area contributed by atoms with Gasteiger partial charge in [0, 0.05) is 42.6 Å². The number of thiophene rings is 1. The fourth-order valence-corrected chi connectivity index (χ4v) is 11.9. The summed E-state index contributed by atoms with van der Waals surface area (Å²) >= 11 is 1.87. The van der Waals surface area contributed by atoms with Crippen LogP contribution in [0.25, 0.3) is 97.7 Å². The smallest absolute Gasteiger partial charge is 0.0462 e. The molecule has 2 heteroatoms. The Morgan fingerprint density at radius 2 is 0.739 bits per heavy atom. The predicted octanol–water partition coefficient (Wildman–Crippen LogP) is 19.3. The Morgan fingerprint density at radius 1 is 0.290 bits per heavy atom. The van der Waals surface area contributed by atoms with Crippen molar-refractivity contribution >= 4 is 59.3 Å². The van der Waals surface area contributed by atoms with Crippen molar-refractivity contribution < 1.29 is 0 Å². The van der Waals surface area contributed by atoms with Crippen molar-refractivity contribution in [3.63, 3.8) is 0 Å². The summed E-state index contributed by atoms with van der Waals surface area (Å²) in [6, 6.07) is 91.8. The first kappa shape index (κ1) is 40.9. The summed E-state index contributed by atoms with van der Waals surface area (Å²) in [6.45, 7) is 4.70. The Kier molecular flexibility index (Phi) is 9.78. The molecule has 0 saturated heterocycles. The summed E-state index contributed by atoms with van der Waals surface area (Å²) in [4.78, 5) is 2.38. The van der Waals surface area contributed by atoms with E-state index in [1.807, 2.05) is 11.3 Å². The standard InChI is InChI=1S/C67H47NS/c1-67(2)63-16-7-5-14-59(63)60-38-30-54(42-64(60)67)48-26-34-57(35-27-48)68(58-36-28-49(29-37-58)55-31-39-62-61-15-6-8-17-65(61)69-66(62)43-55)56-32-24-46(25-33-56)45-18-20-47(21-19-45)51-12-9-13-52(40-51)53-23-22-44-10-3-4-11-50(44)41-53/h3-43H,1-2H3. The van der Waals surface area contributed by atoms with Crippen molar-refractivity contribution in [3.05, 3.63) is 260 Å². The van der Waals surface area contributed by atoms with Crippen molar-refractivity contribution in [2.75, 3.05) is 4.90 Å². The maximum atomic E-state index is 2.41. The first-order chi connectivity index (χ1) is 33.9. The lowest BCUT2D eigenvalue weighted by Crippen LogP contribution is -2.14. The van der Waals surface area contributed by atoms with Crippen molar-refractivity contribution in [1.82, 2.24) is 0 Å². The molecule has 0 saturated carbocycles. The van der Waals surface area contributed by atoms with Crippen molar-refractivity contribution in [3.8, 4) is 66.8 Å². The molecular formula is C67H47NS. The van der Waals surface area contributed by atoms with Crippen molar-refractivity contribution in [2.45, 2.75) is 19.3 Å². The van der Waals surface area contributed by atoms with E-state index in [-0.39, 0.29) is 5.41 Å². The lowest BCUT2D eigenvalue weighted by atomic mass is 9.81. The van der Waals surface area contributed by atoms with Crippen LogP contribution in [-0.2, 0) is 5.41 Å². The van der Waals surface area contributed by atoms with Crippen molar-refractivity contribution in [1.29, 1.82) is 0 Å². The van der Waals surface area contributed by atoms with Gasteiger partial charge in [0.05, 0.1) is 0 Å². The molecule has 69 heavy (non-hydrogen) atoms. The zero-order valence-corrected chi connectivity index (χ0v) is 39.3. The van der Waals surface area contributed by atoms with Gasteiger partial charge in [-0.15, -0.1) is 11.3 Å². The van der Waals surface area contributed by atoms with E-state index in [0.29, 0.717) is 0 Å². The average Bonchev–Trinajstić information content (AvgIpc) is 3.90. The fraction of sp³-hybridized carbons (Fsp3) is 0.0448. The molecule has 1 heterocycles. The van der Waals surface area contributed by atoms with Crippen molar-refractivity contribution in [2.24, 2.45) is 0 Å². The van der Waals surface area contributed by atoms with E-state index in [1.165, 1.54) is 109 Å². The minimum absolute atomic E-state index is 0.0481. The lowest BCUT2D eigenvalue weighted by molar-refractivity contribution is 0.660. The van der Waals surface area contributed by atoms with Gasteiger partial charge in [-0.25, -0.2) is 0 Å². The topological polar surface area (TPSA) is 3.24 Å². The Hall–Kier alpha value is -8.30. The lowest BCUT2D eigenvalue weighted by Gasteiger charge is -2.26. The van der Waals surface area contributed by atoms with Gasteiger partial charge < -0.3 is 4.90 Å². The second kappa shape index (κ2) is 16.5. The second-order valence-corrected chi connectivity index (χ2v) is 20.0. The van der Waals surface area contributed by atoms with E-state index in [1.54, 1.807) is 0 Å². The molecule has 0 unspecified atom stereocenters. The minimum Gasteiger partial charge on any atom is -0.311 e. The summed E-state index contributed by atoms with van der Waals surface area (Å²) in [7, 11) is 0. The highest BCUT2D eigenvalue weighted by molar-refractivity contribution is 7.25. The summed E-state index contributed by atoms with van der Waals surface area (Å²) in [5, 5.41) is 5.17. The normalized spacial score (nSPS) is 12.6. The van der Waals surface area contributed by atoms with Crippen LogP contribution >= 0.6 is 11.3 Å². The molecule has 1 aliphatic rings. The fourth-order valence-electron chi connectivity index (χ4n) is 10.7. The van der Waals surface area contributed by atoms with Crippen LogP contribution in [0, 0.1) is 0 Å². The minimum atomic E-state index is -0.0481. The Balaban J connectivity index is 0.814. The van der Waals surface area contributed by atoms with Gasteiger partial charge in [-0.1, -0.05) is 196 Å². The molecule has 0 spiro atoms. The van der Waals surface area contributed by atoms with Gasteiger partial charge in [-0.3, -0.25) is 0 Å². The SMILES string of the molecule is CC1(C)c2ccccc2-c2ccc(-c3ccc(N(c4ccc(-c5ccc(-c6cccc(-c7ccc8ccccc8c7)c6)cc5)cc4)c4ccc(-c5ccc6c(c5)sc5ccccc56)cc4)cc3)cc21. The van der Waals surface area contributed by atoms with Crippen LogP contribution in [0.4, 0.5) is 17.1 Å². The van der Waals surface area contributed by atoms with Crippen LogP contribution in [0.2, 0.25) is 0 Å². The zero-order valence-electron chi connectivity index (χ0n) is 38.5. The highest BCUT2D eigenvalue weighted by atomic mass is 32.1. The quantitative estimate of drug-likeness (QED) is 0.147. The van der Waals surface area contributed by atoms with Gasteiger partial charge in [0.1, 0.15) is 0 Å². The zero-order chi connectivity index (χ0) is 46.1. The van der Waals surface area contributed by atoms with Gasteiger partial charge in [-0.2, -0.15) is 0 Å². The third-order valence-electron chi connectivity index (χ3n) is 14.5. The highest BCUT2D eigenvalue weighted by Crippen LogP contribution is 2.50. The third kappa shape index (κ3) is 7.24. The molecule has 11 aromatic carbocycles. The molecule has 0 atom stereocenters.